The molecule has 17 heavy (non-hydrogen) atoms. The van der Waals surface area contributed by atoms with Crippen molar-refractivity contribution in [1.29, 1.82) is 0 Å². The van der Waals surface area contributed by atoms with Crippen LogP contribution in [0.3, 0.4) is 0 Å². The van der Waals surface area contributed by atoms with Gasteiger partial charge in [0, 0.05) is 11.3 Å². The molecular weight excluding hydrogens is 276 g/mol. The van der Waals surface area contributed by atoms with Crippen LogP contribution in [-0.2, 0) is 12.8 Å². The van der Waals surface area contributed by atoms with Crippen LogP contribution >= 0.6 is 34.5 Å². The second-order valence-corrected chi connectivity index (χ2v) is 6.34. The Kier molecular flexibility index (Phi) is 4.50. The first-order valence-electron chi connectivity index (χ1n) is 5.44. The number of aryl methyl sites for hydroxylation is 1. The molecule has 0 radical (unpaired) electrons. The zero-order valence-corrected chi connectivity index (χ0v) is 11.8. The van der Waals surface area contributed by atoms with Crippen molar-refractivity contribution < 1.29 is 5.11 Å². The Morgan fingerprint density at radius 1 is 1.47 bits per heavy atom. The molecule has 2 heterocycles. The van der Waals surface area contributed by atoms with E-state index in [9.17, 15) is 5.11 Å². The summed E-state index contributed by atoms with van der Waals surface area (Å²) in [7, 11) is 0. The lowest BCUT2D eigenvalue weighted by Crippen LogP contribution is -2.02. The first-order valence-corrected chi connectivity index (χ1v) is 7.41. The summed E-state index contributed by atoms with van der Waals surface area (Å²) in [5, 5.41) is 14.2. The van der Waals surface area contributed by atoms with E-state index in [-0.39, 0.29) is 0 Å². The highest BCUT2D eigenvalue weighted by Crippen LogP contribution is 2.29. The van der Waals surface area contributed by atoms with Gasteiger partial charge in [-0.1, -0.05) is 29.4 Å². The number of nitrogens with zero attached hydrogens (tertiary/aromatic N) is 2. The van der Waals surface area contributed by atoms with Gasteiger partial charge in [0.2, 0.25) is 0 Å². The number of aliphatic hydroxyl groups is 1. The molecule has 0 saturated carbocycles. The van der Waals surface area contributed by atoms with Crippen molar-refractivity contribution in [3.8, 4) is 0 Å². The normalized spacial score (nSPS) is 12.9. The van der Waals surface area contributed by atoms with Crippen LogP contribution in [0.1, 0.15) is 34.9 Å². The standard InChI is InChI=1S/C11H13ClN2OS2/c1-2-3-8-11(17-14-13-8)9(15)6-7-4-5-10(12)16-7/h4-5,9,15H,2-3,6H2,1H3. The van der Waals surface area contributed by atoms with Gasteiger partial charge >= 0.3 is 0 Å². The Hall–Kier alpha value is -0.490. The van der Waals surface area contributed by atoms with Crippen LogP contribution in [0.2, 0.25) is 4.34 Å². The van der Waals surface area contributed by atoms with E-state index < -0.39 is 6.10 Å². The summed E-state index contributed by atoms with van der Waals surface area (Å²) in [6.07, 6.45) is 1.94. The molecule has 0 spiro atoms. The zero-order chi connectivity index (χ0) is 12.3. The Morgan fingerprint density at radius 2 is 2.29 bits per heavy atom. The van der Waals surface area contributed by atoms with Gasteiger partial charge < -0.3 is 5.11 Å². The van der Waals surface area contributed by atoms with E-state index >= 15 is 0 Å². The molecule has 0 saturated heterocycles. The minimum absolute atomic E-state index is 0.522. The third-order valence-electron chi connectivity index (χ3n) is 2.40. The topological polar surface area (TPSA) is 46.0 Å². The van der Waals surface area contributed by atoms with Crippen LogP contribution in [0.4, 0.5) is 0 Å². The van der Waals surface area contributed by atoms with E-state index in [0.717, 1.165) is 32.6 Å². The van der Waals surface area contributed by atoms with Crippen molar-refractivity contribution in [3.05, 3.63) is 31.9 Å². The molecule has 2 rings (SSSR count). The summed E-state index contributed by atoms with van der Waals surface area (Å²) in [5.74, 6) is 0. The molecule has 1 unspecified atom stereocenters. The molecule has 0 aliphatic heterocycles. The summed E-state index contributed by atoms with van der Waals surface area (Å²) in [6.45, 7) is 2.09. The van der Waals surface area contributed by atoms with Crippen molar-refractivity contribution in [2.45, 2.75) is 32.3 Å². The lowest BCUT2D eigenvalue weighted by Gasteiger charge is -2.07. The maximum absolute atomic E-state index is 10.2. The minimum Gasteiger partial charge on any atom is -0.387 e. The quantitative estimate of drug-likeness (QED) is 0.916. The largest absolute Gasteiger partial charge is 0.387 e. The second-order valence-electron chi connectivity index (χ2n) is 3.76. The third-order valence-corrected chi connectivity index (χ3v) is 4.52. The van der Waals surface area contributed by atoms with Crippen molar-refractivity contribution in [2.75, 3.05) is 0 Å². The second kappa shape index (κ2) is 5.91. The first kappa shape index (κ1) is 13.0. The molecule has 0 aliphatic carbocycles. The van der Waals surface area contributed by atoms with Gasteiger partial charge in [-0.15, -0.1) is 16.4 Å². The molecule has 0 aliphatic rings. The summed E-state index contributed by atoms with van der Waals surface area (Å²) in [6, 6.07) is 3.80. The molecular formula is C11H13ClN2OS2. The molecule has 0 fully saturated rings. The predicted octanol–water partition coefficient (Wildman–Crippen LogP) is 3.48. The Bertz CT molecular complexity index is 483. The smallest absolute Gasteiger partial charge is 0.0965 e. The number of hydrogen-bond acceptors (Lipinski definition) is 5. The molecule has 2 aromatic heterocycles. The van der Waals surface area contributed by atoms with Crippen LogP contribution < -0.4 is 0 Å². The van der Waals surface area contributed by atoms with E-state index in [1.165, 1.54) is 22.9 Å². The molecule has 6 heteroatoms. The van der Waals surface area contributed by atoms with E-state index in [4.69, 9.17) is 11.6 Å². The Morgan fingerprint density at radius 3 is 2.94 bits per heavy atom. The fraction of sp³-hybridized carbons (Fsp3) is 0.455. The van der Waals surface area contributed by atoms with Crippen LogP contribution in [0.5, 0.6) is 0 Å². The molecule has 0 amide bonds. The third kappa shape index (κ3) is 3.25. The van der Waals surface area contributed by atoms with Crippen molar-refractivity contribution >= 4 is 34.5 Å². The highest BCUT2D eigenvalue weighted by molar-refractivity contribution is 7.16. The average Bonchev–Trinajstić information content (AvgIpc) is 2.88. The van der Waals surface area contributed by atoms with Gasteiger partial charge in [0.15, 0.2) is 0 Å². The van der Waals surface area contributed by atoms with Crippen molar-refractivity contribution in [2.24, 2.45) is 0 Å². The van der Waals surface area contributed by atoms with E-state index in [0.29, 0.717) is 6.42 Å². The minimum atomic E-state index is -0.522. The number of thiophene rings is 1. The lowest BCUT2D eigenvalue weighted by atomic mass is 10.1. The summed E-state index contributed by atoms with van der Waals surface area (Å²) in [5.41, 5.74) is 0.924. The van der Waals surface area contributed by atoms with Crippen LogP contribution in [0.15, 0.2) is 12.1 Å². The van der Waals surface area contributed by atoms with Crippen LogP contribution in [0.25, 0.3) is 0 Å². The molecule has 0 bridgehead atoms. The number of hydrogen-bond donors (Lipinski definition) is 1. The van der Waals surface area contributed by atoms with E-state index in [2.05, 4.69) is 16.5 Å². The van der Waals surface area contributed by atoms with Gasteiger partial charge in [-0.2, -0.15) is 0 Å². The SMILES string of the molecule is CCCc1nnsc1C(O)Cc1ccc(Cl)s1. The van der Waals surface area contributed by atoms with Crippen LogP contribution in [-0.4, -0.2) is 14.7 Å². The lowest BCUT2D eigenvalue weighted by molar-refractivity contribution is 0.182. The average molecular weight is 289 g/mol. The number of aliphatic hydroxyl groups excluding tert-OH is 1. The first-order chi connectivity index (χ1) is 8.20. The van der Waals surface area contributed by atoms with Gasteiger partial charge in [0.25, 0.3) is 0 Å². The fourth-order valence-corrected chi connectivity index (χ4v) is 3.43. The van der Waals surface area contributed by atoms with Crippen molar-refractivity contribution in [3.63, 3.8) is 0 Å². The van der Waals surface area contributed by atoms with E-state index in [1.807, 2.05) is 12.1 Å². The predicted molar refractivity (Wildman–Crippen MR) is 71.9 cm³/mol. The molecule has 0 aromatic carbocycles. The maximum atomic E-state index is 10.2. The number of rotatable bonds is 5. The maximum Gasteiger partial charge on any atom is 0.0965 e. The number of halogens is 1. The van der Waals surface area contributed by atoms with Gasteiger partial charge in [0.05, 0.1) is 21.0 Å². The molecule has 1 atom stereocenters. The molecule has 92 valence electrons. The van der Waals surface area contributed by atoms with Gasteiger partial charge in [-0.05, 0) is 30.1 Å². The fourth-order valence-electron chi connectivity index (χ4n) is 1.62. The summed E-state index contributed by atoms with van der Waals surface area (Å²) in [4.78, 5) is 1.97. The zero-order valence-electron chi connectivity index (χ0n) is 9.39. The highest BCUT2D eigenvalue weighted by atomic mass is 35.5. The molecule has 2 aromatic rings. The van der Waals surface area contributed by atoms with Gasteiger partial charge in [0.1, 0.15) is 0 Å². The molecule has 1 N–H and O–H groups in total. The Balaban J connectivity index is 2.08. The summed E-state index contributed by atoms with van der Waals surface area (Å²) < 4.78 is 4.67. The number of aromatic nitrogens is 2. The highest BCUT2D eigenvalue weighted by Gasteiger charge is 2.17. The van der Waals surface area contributed by atoms with E-state index in [1.54, 1.807) is 0 Å². The van der Waals surface area contributed by atoms with Crippen LogP contribution in [0, 0.1) is 0 Å². The van der Waals surface area contributed by atoms with Gasteiger partial charge in [-0.25, -0.2) is 0 Å². The molecule has 3 nitrogen and oxygen atoms in total. The van der Waals surface area contributed by atoms with Crippen molar-refractivity contribution in [1.82, 2.24) is 9.59 Å². The summed E-state index contributed by atoms with van der Waals surface area (Å²) >= 11 is 8.65. The monoisotopic (exact) mass is 288 g/mol. The Labute approximate surface area is 113 Å². The van der Waals surface area contributed by atoms with Gasteiger partial charge in [-0.3, -0.25) is 0 Å².